The Labute approximate surface area is 129 Å². The van der Waals surface area contributed by atoms with Crippen LogP contribution < -0.4 is 10.1 Å². The first-order chi connectivity index (χ1) is 9.97. The van der Waals surface area contributed by atoms with Gasteiger partial charge in [-0.3, -0.25) is 0 Å². The van der Waals surface area contributed by atoms with Crippen molar-refractivity contribution in [3.05, 3.63) is 51.2 Å². The minimum absolute atomic E-state index is 0.147. The maximum Gasteiger partial charge on any atom is 0.419 e. The number of rotatable bonds is 6. The van der Waals surface area contributed by atoms with E-state index in [-0.39, 0.29) is 12.4 Å². The maximum absolute atomic E-state index is 12.7. The second-order valence-electron chi connectivity index (χ2n) is 4.22. The fourth-order valence-corrected chi connectivity index (χ4v) is 2.78. The highest BCUT2D eigenvalue weighted by Crippen LogP contribution is 2.35. The Kier molecular flexibility index (Phi) is 5.50. The van der Waals surface area contributed by atoms with Crippen molar-refractivity contribution in [1.29, 1.82) is 0 Å². The molecule has 7 heteroatoms. The number of hydrogen-bond donors (Lipinski definition) is 1. The van der Waals surface area contributed by atoms with Crippen LogP contribution in [0.4, 0.5) is 13.2 Å². The monoisotopic (exact) mass is 335 g/mol. The van der Waals surface area contributed by atoms with E-state index in [2.05, 4.69) is 5.32 Å². The third-order valence-corrected chi connectivity index (χ3v) is 3.89. The fraction of sp³-hybridized carbons (Fsp3) is 0.286. The van der Waals surface area contributed by atoms with Crippen molar-refractivity contribution in [3.63, 3.8) is 0 Å². The molecule has 0 bridgehead atoms. The molecule has 1 heterocycles. The summed E-state index contributed by atoms with van der Waals surface area (Å²) in [6.07, 6.45) is -4.41. The van der Waals surface area contributed by atoms with Crippen LogP contribution in [0.15, 0.2) is 36.4 Å². The maximum atomic E-state index is 12.7. The Bertz CT molecular complexity index is 586. The van der Waals surface area contributed by atoms with Crippen LogP contribution in [0.1, 0.15) is 10.4 Å². The highest BCUT2D eigenvalue weighted by atomic mass is 35.5. The van der Waals surface area contributed by atoms with Gasteiger partial charge in [-0.1, -0.05) is 23.7 Å². The van der Waals surface area contributed by atoms with Crippen molar-refractivity contribution < 1.29 is 17.9 Å². The molecule has 21 heavy (non-hydrogen) atoms. The quantitative estimate of drug-likeness (QED) is 0.780. The van der Waals surface area contributed by atoms with E-state index in [1.807, 2.05) is 6.07 Å². The zero-order chi connectivity index (χ0) is 15.3. The van der Waals surface area contributed by atoms with Crippen LogP contribution in [0, 0.1) is 0 Å². The zero-order valence-corrected chi connectivity index (χ0v) is 12.5. The lowest BCUT2D eigenvalue weighted by molar-refractivity contribution is -0.138. The van der Waals surface area contributed by atoms with E-state index in [9.17, 15) is 13.2 Å². The van der Waals surface area contributed by atoms with E-state index in [0.29, 0.717) is 17.4 Å². The summed E-state index contributed by atoms with van der Waals surface area (Å²) in [6, 6.07) is 8.90. The third-order valence-electron chi connectivity index (χ3n) is 2.66. The first-order valence-corrected chi connectivity index (χ1v) is 7.40. The molecule has 0 atom stereocenters. The lowest BCUT2D eigenvalue weighted by Crippen LogP contribution is -2.21. The highest BCUT2D eigenvalue weighted by molar-refractivity contribution is 7.16. The summed E-state index contributed by atoms with van der Waals surface area (Å²) in [6.45, 7) is 1.22. The molecule has 0 unspecified atom stereocenters. The predicted molar refractivity (Wildman–Crippen MR) is 78.0 cm³/mol. The average molecular weight is 336 g/mol. The number of hydrogen-bond acceptors (Lipinski definition) is 3. The molecular formula is C14H13ClF3NOS. The third kappa shape index (κ3) is 4.91. The number of para-hydroxylation sites is 1. The number of benzene rings is 1. The van der Waals surface area contributed by atoms with E-state index in [0.717, 1.165) is 10.9 Å². The van der Waals surface area contributed by atoms with Gasteiger partial charge in [0.05, 0.1) is 9.90 Å². The molecule has 0 saturated heterocycles. The lowest BCUT2D eigenvalue weighted by Gasteiger charge is -2.13. The minimum Gasteiger partial charge on any atom is -0.492 e. The van der Waals surface area contributed by atoms with Gasteiger partial charge in [0.25, 0.3) is 0 Å². The molecule has 0 aliphatic rings. The number of alkyl halides is 3. The van der Waals surface area contributed by atoms with Crippen LogP contribution in [-0.4, -0.2) is 13.2 Å². The Balaban J connectivity index is 1.79. The van der Waals surface area contributed by atoms with Gasteiger partial charge in [0.2, 0.25) is 0 Å². The molecule has 2 aromatic rings. The van der Waals surface area contributed by atoms with Crippen LogP contribution >= 0.6 is 22.9 Å². The van der Waals surface area contributed by atoms with Crippen molar-refractivity contribution >= 4 is 22.9 Å². The van der Waals surface area contributed by atoms with Gasteiger partial charge in [-0.05, 0) is 24.3 Å². The van der Waals surface area contributed by atoms with Crippen molar-refractivity contribution in [2.75, 3.05) is 13.2 Å². The molecule has 0 saturated carbocycles. The van der Waals surface area contributed by atoms with Crippen LogP contribution in [0.2, 0.25) is 4.34 Å². The minimum atomic E-state index is -4.41. The molecule has 114 valence electrons. The Morgan fingerprint density at radius 1 is 1.14 bits per heavy atom. The molecule has 0 amide bonds. The summed E-state index contributed by atoms with van der Waals surface area (Å²) in [4.78, 5) is 1.07. The predicted octanol–water partition coefficient (Wildman–Crippen LogP) is 4.59. The van der Waals surface area contributed by atoms with E-state index >= 15 is 0 Å². The van der Waals surface area contributed by atoms with Gasteiger partial charge in [-0.2, -0.15) is 13.2 Å². The molecule has 1 aromatic heterocycles. The van der Waals surface area contributed by atoms with Crippen LogP contribution in [0.3, 0.4) is 0 Å². The molecule has 0 aliphatic carbocycles. The Hall–Kier alpha value is -1.24. The van der Waals surface area contributed by atoms with Gasteiger partial charge >= 0.3 is 6.18 Å². The van der Waals surface area contributed by atoms with Crippen LogP contribution in [-0.2, 0) is 12.7 Å². The molecule has 0 spiro atoms. The first-order valence-electron chi connectivity index (χ1n) is 6.21. The molecule has 0 aliphatic heterocycles. The van der Waals surface area contributed by atoms with Gasteiger partial charge in [-0.25, -0.2) is 0 Å². The molecule has 0 fully saturated rings. The highest BCUT2D eigenvalue weighted by Gasteiger charge is 2.33. The summed E-state index contributed by atoms with van der Waals surface area (Å²) in [5.41, 5.74) is -0.755. The summed E-state index contributed by atoms with van der Waals surface area (Å²) in [7, 11) is 0. The fourth-order valence-electron chi connectivity index (χ4n) is 1.72. The SMILES string of the molecule is FC(F)(F)c1ccccc1OCCNCc1ccc(Cl)s1. The van der Waals surface area contributed by atoms with Crippen molar-refractivity contribution in [2.45, 2.75) is 12.7 Å². The van der Waals surface area contributed by atoms with E-state index < -0.39 is 11.7 Å². The largest absolute Gasteiger partial charge is 0.492 e. The standard InChI is InChI=1S/C14H13ClF3NOS/c15-13-6-5-10(21-13)9-19-7-8-20-12-4-2-1-3-11(12)14(16,17)18/h1-6,19H,7-9H2. The van der Waals surface area contributed by atoms with E-state index in [1.54, 1.807) is 6.07 Å². The van der Waals surface area contributed by atoms with Crippen molar-refractivity contribution in [2.24, 2.45) is 0 Å². The van der Waals surface area contributed by atoms with Crippen LogP contribution in [0.25, 0.3) is 0 Å². The summed E-state index contributed by atoms with van der Waals surface area (Å²) in [5.74, 6) is -0.147. The summed E-state index contributed by atoms with van der Waals surface area (Å²) < 4.78 is 44.1. The lowest BCUT2D eigenvalue weighted by atomic mass is 10.2. The Morgan fingerprint density at radius 3 is 2.57 bits per heavy atom. The van der Waals surface area contributed by atoms with E-state index in [1.165, 1.54) is 29.5 Å². The Morgan fingerprint density at radius 2 is 1.90 bits per heavy atom. The second-order valence-corrected chi connectivity index (χ2v) is 6.02. The van der Waals surface area contributed by atoms with Crippen LogP contribution in [0.5, 0.6) is 5.75 Å². The van der Waals surface area contributed by atoms with Gasteiger partial charge < -0.3 is 10.1 Å². The van der Waals surface area contributed by atoms with Crippen molar-refractivity contribution in [3.8, 4) is 5.75 Å². The second kappa shape index (κ2) is 7.15. The zero-order valence-electron chi connectivity index (χ0n) is 10.9. The first kappa shape index (κ1) is 16.1. The molecule has 1 N–H and O–H groups in total. The number of halogens is 4. The van der Waals surface area contributed by atoms with Crippen molar-refractivity contribution in [1.82, 2.24) is 5.32 Å². The summed E-state index contributed by atoms with van der Waals surface area (Å²) >= 11 is 7.26. The molecule has 2 nitrogen and oxygen atoms in total. The molecular weight excluding hydrogens is 323 g/mol. The summed E-state index contributed by atoms with van der Waals surface area (Å²) in [5, 5.41) is 3.09. The van der Waals surface area contributed by atoms with Gasteiger partial charge in [-0.15, -0.1) is 11.3 Å². The van der Waals surface area contributed by atoms with Gasteiger partial charge in [0.15, 0.2) is 0 Å². The number of ether oxygens (including phenoxy) is 1. The van der Waals surface area contributed by atoms with E-state index in [4.69, 9.17) is 16.3 Å². The molecule has 2 rings (SSSR count). The smallest absolute Gasteiger partial charge is 0.419 e. The molecule has 0 radical (unpaired) electrons. The molecule has 1 aromatic carbocycles. The van der Waals surface area contributed by atoms with Gasteiger partial charge in [0, 0.05) is 18.0 Å². The number of nitrogens with one attached hydrogen (secondary N) is 1. The topological polar surface area (TPSA) is 21.3 Å². The normalized spacial score (nSPS) is 11.6. The number of thiophene rings is 1. The average Bonchev–Trinajstić information content (AvgIpc) is 2.83. The van der Waals surface area contributed by atoms with Gasteiger partial charge in [0.1, 0.15) is 12.4 Å².